The molecule has 1 fully saturated rings. The Bertz CT molecular complexity index is 651. The molecule has 3 rings (SSSR count). The van der Waals surface area contributed by atoms with E-state index in [4.69, 9.17) is 14.3 Å². The van der Waals surface area contributed by atoms with Crippen LogP contribution in [-0.2, 0) is 9.31 Å². The smallest absolute Gasteiger partial charge is 0.398 e. The van der Waals surface area contributed by atoms with Crippen molar-refractivity contribution in [3.63, 3.8) is 0 Å². The molecule has 0 radical (unpaired) electrons. The Balaban J connectivity index is 2.04. The summed E-state index contributed by atoms with van der Waals surface area (Å²) in [5, 5.41) is 1.17. The molecule has 2 aromatic rings. The second-order valence-corrected chi connectivity index (χ2v) is 6.47. The molecule has 0 bridgehead atoms. The van der Waals surface area contributed by atoms with E-state index >= 15 is 0 Å². The summed E-state index contributed by atoms with van der Waals surface area (Å²) >= 11 is 0. The Morgan fingerprint density at radius 1 is 1.00 bits per heavy atom. The van der Waals surface area contributed by atoms with Crippen LogP contribution in [0.1, 0.15) is 33.3 Å². The average molecular weight is 269 g/mol. The summed E-state index contributed by atoms with van der Waals surface area (Å²) in [4.78, 5) is 4.70. The van der Waals surface area contributed by atoms with E-state index in [0.29, 0.717) is 0 Å². The maximum absolute atomic E-state index is 6.07. The second kappa shape index (κ2) is 4.30. The lowest BCUT2D eigenvalue weighted by Crippen LogP contribution is -2.41. The van der Waals surface area contributed by atoms with E-state index < -0.39 is 7.12 Å². The van der Waals surface area contributed by atoms with Crippen molar-refractivity contribution in [2.75, 3.05) is 0 Å². The van der Waals surface area contributed by atoms with Gasteiger partial charge >= 0.3 is 7.12 Å². The first-order valence-electron chi connectivity index (χ1n) is 7.02. The van der Waals surface area contributed by atoms with Crippen molar-refractivity contribution in [3.05, 3.63) is 35.9 Å². The third-order valence-corrected chi connectivity index (χ3v) is 4.44. The van der Waals surface area contributed by atoms with Crippen molar-refractivity contribution < 1.29 is 9.31 Å². The van der Waals surface area contributed by atoms with Crippen LogP contribution in [0.4, 0.5) is 0 Å². The SMILES string of the molecule is Cc1cc(B2OC(C)(C)C(C)(C)O2)nc2ccccc12. The van der Waals surface area contributed by atoms with E-state index in [1.165, 1.54) is 10.9 Å². The van der Waals surface area contributed by atoms with Crippen LogP contribution in [0.3, 0.4) is 0 Å². The third kappa shape index (κ3) is 2.04. The summed E-state index contributed by atoms with van der Waals surface area (Å²) in [7, 11) is -0.400. The van der Waals surface area contributed by atoms with Gasteiger partial charge in [-0.15, -0.1) is 0 Å². The topological polar surface area (TPSA) is 31.4 Å². The van der Waals surface area contributed by atoms with Crippen LogP contribution < -0.4 is 5.59 Å². The molecule has 0 aliphatic carbocycles. The molecule has 104 valence electrons. The highest BCUT2D eigenvalue weighted by molar-refractivity contribution is 6.61. The number of aromatic nitrogens is 1. The molecule has 1 aliphatic heterocycles. The molecule has 2 heterocycles. The molecule has 0 unspecified atom stereocenters. The van der Waals surface area contributed by atoms with E-state index in [9.17, 15) is 0 Å². The highest BCUT2D eigenvalue weighted by atomic mass is 16.7. The Hall–Kier alpha value is -1.39. The van der Waals surface area contributed by atoms with Crippen LogP contribution in [0, 0.1) is 6.92 Å². The zero-order valence-electron chi connectivity index (χ0n) is 12.7. The highest BCUT2D eigenvalue weighted by Gasteiger charge is 2.52. The number of hydrogen-bond donors (Lipinski definition) is 0. The van der Waals surface area contributed by atoms with Crippen molar-refractivity contribution in [1.29, 1.82) is 0 Å². The summed E-state index contributed by atoms with van der Waals surface area (Å²) < 4.78 is 12.1. The lowest BCUT2D eigenvalue weighted by Gasteiger charge is -2.32. The summed E-state index contributed by atoms with van der Waals surface area (Å²) in [6.07, 6.45) is 0. The number of benzene rings is 1. The number of aryl methyl sites for hydroxylation is 1. The highest BCUT2D eigenvalue weighted by Crippen LogP contribution is 2.36. The first-order valence-corrected chi connectivity index (χ1v) is 7.02. The van der Waals surface area contributed by atoms with E-state index in [2.05, 4.69) is 46.8 Å². The number of para-hydroxylation sites is 1. The molecule has 20 heavy (non-hydrogen) atoms. The fourth-order valence-electron chi connectivity index (χ4n) is 2.46. The average Bonchev–Trinajstić information content (AvgIpc) is 2.58. The number of hydrogen-bond acceptors (Lipinski definition) is 3. The standard InChI is InChI=1S/C16H20BNO2/c1-11-10-14(18-13-9-7-6-8-12(11)13)17-19-15(2,3)16(4,5)20-17/h6-10H,1-5H3. The molecule has 1 aromatic carbocycles. The molecular formula is C16H20BNO2. The van der Waals surface area contributed by atoms with Crippen molar-refractivity contribution >= 4 is 23.6 Å². The number of rotatable bonds is 1. The maximum atomic E-state index is 6.07. The molecule has 0 saturated carbocycles. The fourth-order valence-corrected chi connectivity index (χ4v) is 2.46. The van der Waals surface area contributed by atoms with E-state index in [1.54, 1.807) is 0 Å². The van der Waals surface area contributed by atoms with Crippen LogP contribution in [-0.4, -0.2) is 23.3 Å². The van der Waals surface area contributed by atoms with Crippen molar-refractivity contribution in [2.24, 2.45) is 0 Å². The minimum Gasteiger partial charge on any atom is -0.398 e. The van der Waals surface area contributed by atoms with E-state index in [0.717, 1.165) is 11.1 Å². The molecule has 3 nitrogen and oxygen atoms in total. The molecule has 0 spiro atoms. The van der Waals surface area contributed by atoms with Crippen molar-refractivity contribution in [1.82, 2.24) is 4.98 Å². The van der Waals surface area contributed by atoms with Crippen LogP contribution >= 0.6 is 0 Å². The minimum absolute atomic E-state index is 0.334. The molecule has 0 N–H and O–H groups in total. The lowest BCUT2D eigenvalue weighted by atomic mass is 9.83. The zero-order chi connectivity index (χ0) is 14.5. The van der Waals surface area contributed by atoms with Gasteiger partial charge in [-0.1, -0.05) is 18.2 Å². The van der Waals surface area contributed by atoms with Gasteiger partial charge in [0.1, 0.15) is 0 Å². The summed E-state index contributed by atoms with van der Waals surface area (Å²) in [5.41, 5.74) is 2.36. The summed E-state index contributed by atoms with van der Waals surface area (Å²) in [6, 6.07) is 10.2. The van der Waals surface area contributed by atoms with Crippen LogP contribution in [0.25, 0.3) is 10.9 Å². The molecular weight excluding hydrogens is 249 g/mol. The first-order chi connectivity index (χ1) is 9.30. The van der Waals surface area contributed by atoms with Crippen LogP contribution in [0.5, 0.6) is 0 Å². The fraction of sp³-hybridized carbons (Fsp3) is 0.438. The van der Waals surface area contributed by atoms with E-state index in [-0.39, 0.29) is 11.2 Å². The monoisotopic (exact) mass is 269 g/mol. The number of fused-ring (bicyclic) bond motifs is 1. The van der Waals surface area contributed by atoms with Gasteiger partial charge in [0.25, 0.3) is 0 Å². The maximum Gasteiger partial charge on any atom is 0.514 e. The minimum atomic E-state index is -0.400. The van der Waals surface area contributed by atoms with Gasteiger partial charge in [-0.05, 0) is 52.3 Å². The predicted octanol–water partition coefficient (Wildman–Crippen LogP) is 2.84. The van der Waals surface area contributed by atoms with Gasteiger partial charge in [0.15, 0.2) is 0 Å². The zero-order valence-corrected chi connectivity index (χ0v) is 12.7. The Morgan fingerprint density at radius 2 is 1.60 bits per heavy atom. The first kappa shape index (κ1) is 13.6. The summed E-state index contributed by atoms with van der Waals surface area (Å²) in [5.74, 6) is 0. The molecule has 1 saturated heterocycles. The molecule has 0 atom stereocenters. The molecule has 1 aliphatic rings. The number of nitrogens with zero attached hydrogens (tertiary/aromatic N) is 1. The van der Waals surface area contributed by atoms with Crippen LogP contribution in [0.15, 0.2) is 30.3 Å². The predicted molar refractivity (Wildman–Crippen MR) is 82.2 cm³/mol. The van der Waals surface area contributed by atoms with Crippen molar-refractivity contribution in [3.8, 4) is 0 Å². The summed E-state index contributed by atoms with van der Waals surface area (Å²) in [6.45, 7) is 10.3. The lowest BCUT2D eigenvalue weighted by molar-refractivity contribution is 0.00578. The Kier molecular flexibility index (Phi) is 2.92. The van der Waals surface area contributed by atoms with Gasteiger partial charge in [0, 0.05) is 5.39 Å². The van der Waals surface area contributed by atoms with Gasteiger partial charge < -0.3 is 9.31 Å². The second-order valence-electron chi connectivity index (χ2n) is 6.47. The number of pyridine rings is 1. The molecule has 4 heteroatoms. The van der Waals surface area contributed by atoms with Crippen LogP contribution in [0.2, 0.25) is 0 Å². The molecule has 1 aromatic heterocycles. The Labute approximate surface area is 120 Å². The van der Waals surface area contributed by atoms with Gasteiger partial charge in [-0.3, -0.25) is 4.98 Å². The van der Waals surface area contributed by atoms with Gasteiger partial charge in [0.2, 0.25) is 0 Å². The van der Waals surface area contributed by atoms with Crippen molar-refractivity contribution in [2.45, 2.75) is 45.8 Å². The van der Waals surface area contributed by atoms with Gasteiger partial charge in [-0.25, -0.2) is 0 Å². The largest absolute Gasteiger partial charge is 0.514 e. The molecule has 0 amide bonds. The van der Waals surface area contributed by atoms with E-state index in [1.807, 2.05) is 18.2 Å². The quantitative estimate of drug-likeness (QED) is 0.746. The Morgan fingerprint density at radius 3 is 2.25 bits per heavy atom. The normalized spacial score (nSPS) is 20.6. The third-order valence-electron chi connectivity index (χ3n) is 4.44. The van der Waals surface area contributed by atoms with Gasteiger partial charge in [0.05, 0.1) is 22.3 Å². The van der Waals surface area contributed by atoms with Gasteiger partial charge in [-0.2, -0.15) is 0 Å².